The van der Waals surface area contributed by atoms with Crippen molar-refractivity contribution in [2.45, 2.75) is 27.7 Å². The van der Waals surface area contributed by atoms with Gasteiger partial charge in [0.1, 0.15) is 0 Å². The number of hydrogen-bond donors (Lipinski definition) is 0. The van der Waals surface area contributed by atoms with Gasteiger partial charge in [0, 0.05) is 0 Å². The van der Waals surface area contributed by atoms with Gasteiger partial charge in [0.2, 0.25) is 0 Å². The molecule has 0 aliphatic heterocycles. The number of carbonyl (C=O) groups is 1. The Morgan fingerprint density at radius 1 is 1.21 bits per heavy atom. The van der Waals surface area contributed by atoms with Crippen molar-refractivity contribution < 1.29 is 4.79 Å². The zero-order chi connectivity index (χ0) is 10.7. The Morgan fingerprint density at radius 3 is 2.43 bits per heavy atom. The zero-order valence-corrected chi connectivity index (χ0v) is 9.22. The van der Waals surface area contributed by atoms with Crippen molar-refractivity contribution in [1.29, 1.82) is 0 Å². The monoisotopic (exact) mass is 188 g/mol. The minimum absolute atomic E-state index is 0.0866. The molecule has 0 aliphatic rings. The summed E-state index contributed by atoms with van der Waals surface area (Å²) in [6.07, 6.45) is 3.50. The summed E-state index contributed by atoms with van der Waals surface area (Å²) in [7, 11) is 0. The maximum Gasteiger partial charge on any atom is 0.152 e. The fourth-order valence-corrected chi connectivity index (χ4v) is 1.45. The van der Waals surface area contributed by atoms with Gasteiger partial charge in [-0.25, -0.2) is 0 Å². The predicted molar refractivity (Wildman–Crippen MR) is 60.4 cm³/mol. The number of rotatable bonds is 2. The number of allylic oxidation sites excluding steroid dienone is 1. The Morgan fingerprint density at radius 2 is 1.86 bits per heavy atom. The van der Waals surface area contributed by atoms with Crippen LogP contribution >= 0.6 is 0 Å². The molecule has 0 saturated carbocycles. The standard InChI is InChI=1S/C13H16O/c1-9-7-10(2)12(4)13(8-9)6-5-11(3)14/h5-8H,1-4H3. The van der Waals surface area contributed by atoms with Crippen molar-refractivity contribution >= 4 is 11.9 Å². The first-order valence-electron chi connectivity index (χ1n) is 4.77. The average molecular weight is 188 g/mol. The van der Waals surface area contributed by atoms with Crippen LogP contribution in [0.4, 0.5) is 0 Å². The minimum atomic E-state index is 0.0866. The lowest BCUT2D eigenvalue weighted by Gasteiger charge is -2.06. The van der Waals surface area contributed by atoms with E-state index in [0.717, 1.165) is 5.56 Å². The highest BCUT2D eigenvalue weighted by molar-refractivity contribution is 5.91. The summed E-state index contributed by atoms with van der Waals surface area (Å²) in [5.41, 5.74) is 4.88. The van der Waals surface area contributed by atoms with Crippen LogP contribution in [0.3, 0.4) is 0 Å². The molecule has 0 atom stereocenters. The van der Waals surface area contributed by atoms with Crippen molar-refractivity contribution in [2.24, 2.45) is 0 Å². The molecule has 1 heteroatoms. The fourth-order valence-electron chi connectivity index (χ4n) is 1.45. The molecular formula is C13H16O. The summed E-state index contributed by atoms with van der Waals surface area (Å²) in [4.78, 5) is 10.8. The fraction of sp³-hybridized carbons (Fsp3) is 0.308. The molecule has 14 heavy (non-hydrogen) atoms. The molecule has 1 aromatic rings. The smallest absolute Gasteiger partial charge is 0.152 e. The van der Waals surface area contributed by atoms with Crippen molar-refractivity contribution in [3.05, 3.63) is 40.5 Å². The second kappa shape index (κ2) is 4.23. The van der Waals surface area contributed by atoms with Gasteiger partial charge in [-0.05, 0) is 50.5 Å². The maximum atomic E-state index is 10.8. The Bertz CT molecular complexity index is 386. The molecule has 1 aromatic carbocycles. The summed E-state index contributed by atoms with van der Waals surface area (Å²) in [5.74, 6) is 0.0866. The normalized spacial score (nSPS) is 10.9. The molecule has 0 radical (unpaired) electrons. The predicted octanol–water partition coefficient (Wildman–Crippen LogP) is 3.21. The molecule has 0 bridgehead atoms. The SMILES string of the molecule is CC(=O)C=Cc1cc(C)cc(C)c1C. The lowest BCUT2D eigenvalue weighted by Crippen LogP contribution is -1.89. The Hall–Kier alpha value is -1.37. The number of carbonyl (C=O) groups excluding carboxylic acids is 1. The summed E-state index contributed by atoms with van der Waals surface area (Å²) in [5, 5.41) is 0. The molecule has 0 amide bonds. The summed E-state index contributed by atoms with van der Waals surface area (Å²) < 4.78 is 0. The third kappa shape index (κ3) is 2.56. The Balaban J connectivity index is 3.14. The van der Waals surface area contributed by atoms with Crippen molar-refractivity contribution in [3.8, 4) is 0 Å². The van der Waals surface area contributed by atoms with Crippen LogP contribution in [0.5, 0.6) is 0 Å². The van der Waals surface area contributed by atoms with E-state index in [2.05, 4.69) is 32.9 Å². The largest absolute Gasteiger partial charge is 0.295 e. The molecular weight excluding hydrogens is 172 g/mol. The second-order valence-electron chi connectivity index (χ2n) is 3.74. The van der Waals surface area contributed by atoms with Crippen molar-refractivity contribution in [2.75, 3.05) is 0 Å². The van der Waals surface area contributed by atoms with E-state index in [0.29, 0.717) is 0 Å². The number of hydrogen-bond acceptors (Lipinski definition) is 1. The first-order valence-corrected chi connectivity index (χ1v) is 4.77. The van der Waals surface area contributed by atoms with E-state index in [9.17, 15) is 4.79 Å². The van der Waals surface area contributed by atoms with Crippen LogP contribution in [0, 0.1) is 20.8 Å². The van der Waals surface area contributed by atoms with Gasteiger partial charge >= 0.3 is 0 Å². The van der Waals surface area contributed by atoms with E-state index in [4.69, 9.17) is 0 Å². The topological polar surface area (TPSA) is 17.1 Å². The number of aryl methyl sites for hydroxylation is 2. The quantitative estimate of drug-likeness (QED) is 0.651. The highest BCUT2D eigenvalue weighted by atomic mass is 16.1. The molecule has 0 aromatic heterocycles. The van der Waals surface area contributed by atoms with Gasteiger partial charge in [-0.1, -0.05) is 23.8 Å². The van der Waals surface area contributed by atoms with Gasteiger partial charge in [-0.3, -0.25) is 4.79 Å². The van der Waals surface area contributed by atoms with E-state index < -0.39 is 0 Å². The minimum Gasteiger partial charge on any atom is -0.295 e. The lowest BCUT2D eigenvalue weighted by atomic mass is 10.00. The highest BCUT2D eigenvalue weighted by Gasteiger charge is 1.99. The highest BCUT2D eigenvalue weighted by Crippen LogP contribution is 2.17. The van der Waals surface area contributed by atoms with E-state index in [1.165, 1.54) is 16.7 Å². The summed E-state index contributed by atoms with van der Waals surface area (Å²) >= 11 is 0. The lowest BCUT2D eigenvalue weighted by molar-refractivity contribution is -0.112. The van der Waals surface area contributed by atoms with E-state index >= 15 is 0 Å². The van der Waals surface area contributed by atoms with Crippen molar-refractivity contribution in [1.82, 2.24) is 0 Å². The van der Waals surface area contributed by atoms with E-state index in [1.54, 1.807) is 13.0 Å². The summed E-state index contributed by atoms with van der Waals surface area (Å²) in [6.45, 7) is 7.80. The maximum absolute atomic E-state index is 10.8. The van der Waals surface area contributed by atoms with Gasteiger partial charge < -0.3 is 0 Å². The van der Waals surface area contributed by atoms with Crippen LogP contribution in [0.25, 0.3) is 6.08 Å². The molecule has 0 heterocycles. The van der Waals surface area contributed by atoms with Crippen LogP contribution < -0.4 is 0 Å². The van der Waals surface area contributed by atoms with Crippen LogP contribution in [-0.2, 0) is 4.79 Å². The molecule has 74 valence electrons. The second-order valence-corrected chi connectivity index (χ2v) is 3.74. The van der Waals surface area contributed by atoms with Crippen LogP contribution in [0.15, 0.2) is 18.2 Å². The average Bonchev–Trinajstić information content (AvgIpc) is 2.08. The van der Waals surface area contributed by atoms with Crippen LogP contribution in [0.2, 0.25) is 0 Å². The van der Waals surface area contributed by atoms with E-state index in [-0.39, 0.29) is 5.78 Å². The molecule has 0 aliphatic carbocycles. The zero-order valence-electron chi connectivity index (χ0n) is 9.22. The van der Waals surface area contributed by atoms with Gasteiger partial charge in [0.15, 0.2) is 5.78 Å². The van der Waals surface area contributed by atoms with Gasteiger partial charge in [-0.15, -0.1) is 0 Å². The molecule has 0 saturated heterocycles. The number of ketones is 1. The first kappa shape index (κ1) is 10.7. The van der Waals surface area contributed by atoms with E-state index in [1.807, 2.05) is 6.08 Å². The van der Waals surface area contributed by atoms with Gasteiger partial charge in [0.25, 0.3) is 0 Å². The molecule has 1 nitrogen and oxygen atoms in total. The Kier molecular flexibility index (Phi) is 3.23. The van der Waals surface area contributed by atoms with Gasteiger partial charge in [-0.2, -0.15) is 0 Å². The van der Waals surface area contributed by atoms with Crippen molar-refractivity contribution in [3.63, 3.8) is 0 Å². The molecule has 0 fully saturated rings. The van der Waals surface area contributed by atoms with Crippen LogP contribution in [-0.4, -0.2) is 5.78 Å². The summed E-state index contributed by atoms with van der Waals surface area (Å²) in [6, 6.07) is 4.25. The first-order chi connectivity index (χ1) is 6.50. The third-order valence-electron chi connectivity index (χ3n) is 2.35. The molecule has 1 rings (SSSR count). The molecule has 0 spiro atoms. The Labute approximate surface area is 85.5 Å². The molecule has 0 N–H and O–H groups in total. The third-order valence-corrected chi connectivity index (χ3v) is 2.35. The molecule has 0 unspecified atom stereocenters. The number of benzene rings is 1. The van der Waals surface area contributed by atoms with Crippen LogP contribution in [0.1, 0.15) is 29.2 Å². The van der Waals surface area contributed by atoms with Gasteiger partial charge in [0.05, 0.1) is 0 Å².